The lowest BCUT2D eigenvalue weighted by atomic mass is 9.75. The van der Waals surface area contributed by atoms with Gasteiger partial charge in [0, 0.05) is 37.0 Å². The highest BCUT2D eigenvalue weighted by atomic mass is 32.2. The Labute approximate surface area is 249 Å². The van der Waals surface area contributed by atoms with Gasteiger partial charge in [-0.05, 0) is 69.2 Å². The van der Waals surface area contributed by atoms with E-state index in [0.717, 1.165) is 37.7 Å². The van der Waals surface area contributed by atoms with Crippen LogP contribution in [0.15, 0.2) is 78.8 Å². The third-order valence-corrected chi connectivity index (χ3v) is 9.29. The molecule has 1 amide bonds. The Hall–Kier alpha value is -3.05. The smallest absolute Gasteiger partial charge is 0.251 e. The number of unbranched alkanes of at least 4 members (excludes halogenated alkanes) is 1. The van der Waals surface area contributed by atoms with Crippen LogP contribution in [0.4, 0.5) is 0 Å². The van der Waals surface area contributed by atoms with Crippen LogP contribution < -0.4 is 10.0 Å². The Bertz CT molecular complexity index is 1300. The number of aliphatic hydroxyl groups excluding tert-OH is 2. The van der Waals surface area contributed by atoms with Crippen molar-refractivity contribution in [3.63, 3.8) is 0 Å². The molecule has 0 radical (unpaired) electrons. The number of amides is 1. The zero-order chi connectivity index (χ0) is 29.8. The summed E-state index contributed by atoms with van der Waals surface area (Å²) in [7, 11) is -3.94. The number of pyridine rings is 1. The minimum Gasteiger partial charge on any atom is -0.494 e. The van der Waals surface area contributed by atoms with Crippen molar-refractivity contribution < 1.29 is 28.2 Å². The molecule has 0 bridgehead atoms. The lowest BCUT2D eigenvalue weighted by molar-refractivity contribution is -0.127. The average molecular weight is 598 g/mol. The van der Waals surface area contributed by atoms with Crippen molar-refractivity contribution in [2.45, 2.75) is 69.5 Å². The topological polar surface area (TPSA) is 138 Å². The maximum absolute atomic E-state index is 14.0. The van der Waals surface area contributed by atoms with Gasteiger partial charge in [0.15, 0.2) is 0 Å². The van der Waals surface area contributed by atoms with Gasteiger partial charge in [-0.1, -0.05) is 55.0 Å². The van der Waals surface area contributed by atoms with Gasteiger partial charge in [0.05, 0.1) is 18.0 Å². The minimum absolute atomic E-state index is 0.0541. The summed E-state index contributed by atoms with van der Waals surface area (Å²) in [5.74, 6) is -0.592. The SMILES string of the molecule is O=C(NS(=O)(=O)CCCCO)C1(CCNC[C@H](O)c2cccnc2)C=CC(c2ccccc2)C=C1OC1CCCCC1. The summed E-state index contributed by atoms with van der Waals surface area (Å²) >= 11 is 0. The van der Waals surface area contributed by atoms with Gasteiger partial charge >= 0.3 is 0 Å². The lowest BCUT2D eigenvalue weighted by Gasteiger charge is -2.38. The third-order valence-electron chi connectivity index (χ3n) is 7.97. The van der Waals surface area contributed by atoms with Crippen LogP contribution >= 0.6 is 0 Å². The van der Waals surface area contributed by atoms with Gasteiger partial charge in [-0.2, -0.15) is 0 Å². The first-order valence-corrected chi connectivity index (χ1v) is 16.6. The van der Waals surface area contributed by atoms with Crippen molar-refractivity contribution >= 4 is 15.9 Å². The highest BCUT2D eigenvalue weighted by Crippen LogP contribution is 2.43. The molecule has 0 saturated heterocycles. The number of hydrogen-bond donors (Lipinski definition) is 4. The van der Waals surface area contributed by atoms with E-state index in [1.807, 2.05) is 42.5 Å². The number of sulfonamides is 1. The van der Waals surface area contributed by atoms with E-state index in [-0.39, 0.29) is 43.8 Å². The molecule has 4 rings (SSSR count). The number of carbonyl (C=O) groups is 1. The summed E-state index contributed by atoms with van der Waals surface area (Å²) in [5.41, 5.74) is 0.358. The molecule has 2 aromatic rings. The highest BCUT2D eigenvalue weighted by molar-refractivity contribution is 7.90. The number of allylic oxidation sites excluding steroid dienone is 2. The third kappa shape index (κ3) is 8.73. The second-order valence-electron chi connectivity index (χ2n) is 11.1. The predicted octanol–water partition coefficient (Wildman–Crippen LogP) is 3.89. The molecule has 3 atom stereocenters. The first kappa shape index (κ1) is 31.9. The monoisotopic (exact) mass is 597 g/mol. The van der Waals surface area contributed by atoms with E-state index in [1.165, 1.54) is 0 Å². The molecule has 1 fully saturated rings. The maximum atomic E-state index is 14.0. The number of carbonyl (C=O) groups excluding carboxylic acids is 1. The second kappa shape index (κ2) is 15.4. The van der Waals surface area contributed by atoms with Gasteiger partial charge in [0.25, 0.3) is 5.91 Å². The lowest BCUT2D eigenvalue weighted by Crippen LogP contribution is -2.47. The number of ether oxygens (including phenoxy) is 1. The van der Waals surface area contributed by atoms with Gasteiger partial charge in [-0.15, -0.1) is 0 Å². The maximum Gasteiger partial charge on any atom is 0.251 e. The average Bonchev–Trinajstić information content (AvgIpc) is 3.01. The van der Waals surface area contributed by atoms with Crippen molar-refractivity contribution in [2.75, 3.05) is 25.4 Å². The van der Waals surface area contributed by atoms with E-state index in [4.69, 9.17) is 9.84 Å². The molecule has 2 aliphatic rings. The summed E-state index contributed by atoms with van der Waals surface area (Å²) in [6, 6.07) is 13.5. The van der Waals surface area contributed by atoms with Crippen molar-refractivity contribution in [3.05, 3.63) is 90.0 Å². The van der Waals surface area contributed by atoms with E-state index in [9.17, 15) is 18.3 Å². The van der Waals surface area contributed by atoms with Crippen LogP contribution in [0.2, 0.25) is 0 Å². The van der Waals surface area contributed by atoms with E-state index >= 15 is 0 Å². The highest BCUT2D eigenvalue weighted by Gasteiger charge is 2.45. The van der Waals surface area contributed by atoms with Crippen molar-refractivity contribution in [2.24, 2.45) is 5.41 Å². The number of aromatic nitrogens is 1. The van der Waals surface area contributed by atoms with E-state index in [0.29, 0.717) is 24.3 Å². The zero-order valence-corrected chi connectivity index (χ0v) is 24.8. The number of rotatable bonds is 15. The molecule has 1 aromatic heterocycles. The van der Waals surface area contributed by atoms with E-state index in [1.54, 1.807) is 30.6 Å². The molecular formula is C32H43N3O6S. The fraction of sp³-hybridized carbons (Fsp3) is 0.500. The normalized spacial score (nSPS) is 21.9. The molecule has 2 aliphatic carbocycles. The molecule has 1 heterocycles. The van der Waals surface area contributed by atoms with Crippen molar-refractivity contribution in [3.8, 4) is 0 Å². The summed E-state index contributed by atoms with van der Waals surface area (Å²) in [6.45, 7) is 0.443. The number of nitrogens with zero attached hydrogens (tertiary/aromatic N) is 1. The minimum atomic E-state index is -3.94. The molecule has 2 unspecified atom stereocenters. The Morgan fingerprint density at radius 2 is 1.88 bits per heavy atom. The van der Waals surface area contributed by atoms with Gasteiger partial charge in [0.1, 0.15) is 11.2 Å². The molecule has 1 aromatic carbocycles. The Morgan fingerprint density at radius 1 is 1.10 bits per heavy atom. The summed E-state index contributed by atoms with van der Waals surface area (Å²) in [5, 5.41) is 22.9. The summed E-state index contributed by atoms with van der Waals surface area (Å²) in [6.07, 6.45) is 13.9. The van der Waals surface area contributed by atoms with Crippen molar-refractivity contribution in [1.29, 1.82) is 0 Å². The number of hydrogen-bond acceptors (Lipinski definition) is 8. The van der Waals surface area contributed by atoms with Crippen molar-refractivity contribution in [1.82, 2.24) is 15.0 Å². The number of aliphatic hydroxyl groups is 2. The Kier molecular flexibility index (Phi) is 11.7. The predicted molar refractivity (Wildman–Crippen MR) is 162 cm³/mol. The Morgan fingerprint density at radius 3 is 2.60 bits per heavy atom. The van der Waals surface area contributed by atoms with Gasteiger partial charge in [-0.25, -0.2) is 8.42 Å². The largest absolute Gasteiger partial charge is 0.494 e. The standard InChI is InChI=1S/C32H43N3O6S/c36-20-7-8-21-42(39,40)35-31(38)32(17-19-34-24-29(37)27-12-9-18-33-23-27)16-15-26(25-10-3-1-4-11-25)22-30(32)41-28-13-5-2-6-14-28/h1,3-4,9-12,15-16,18,22-23,26,28-29,34,36-37H,2,5-8,13-14,17,19-21,24H2,(H,35,38)/t26?,29-,32?/m0/s1. The van der Waals surface area contributed by atoms with Crippen LogP contribution in [0.5, 0.6) is 0 Å². The molecule has 228 valence electrons. The fourth-order valence-corrected chi connectivity index (χ4v) is 6.67. The number of benzene rings is 1. The second-order valence-corrected chi connectivity index (χ2v) is 13.0. The van der Waals surface area contributed by atoms with Crippen LogP contribution in [-0.2, 0) is 19.6 Å². The van der Waals surface area contributed by atoms with E-state index < -0.39 is 27.4 Å². The first-order valence-electron chi connectivity index (χ1n) is 14.9. The molecule has 1 saturated carbocycles. The zero-order valence-electron chi connectivity index (χ0n) is 24.0. The van der Waals surface area contributed by atoms with E-state index in [2.05, 4.69) is 15.0 Å². The molecule has 10 heteroatoms. The molecule has 4 N–H and O–H groups in total. The molecule has 42 heavy (non-hydrogen) atoms. The van der Waals surface area contributed by atoms with Gasteiger partial charge < -0.3 is 20.3 Å². The van der Waals surface area contributed by atoms with Gasteiger partial charge in [-0.3, -0.25) is 14.5 Å². The molecule has 9 nitrogen and oxygen atoms in total. The van der Waals surface area contributed by atoms with Crippen LogP contribution in [0.3, 0.4) is 0 Å². The van der Waals surface area contributed by atoms with Crippen LogP contribution in [0, 0.1) is 5.41 Å². The molecular weight excluding hydrogens is 554 g/mol. The summed E-state index contributed by atoms with van der Waals surface area (Å²) < 4.78 is 34.7. The molecule has 0 aliphatic heterocycles. The van der Waals surface area contributed by atoms with Gasteiger partial charge in [0.2, 0.25) is 10.0 Å². The first-order chi connectivity index (χ1) is 20.3. The van der Waals surface area contributed by atoms with Crippen LogP contribution in [0.1, 0.15) is 74.5 Å². The van der Waals surface area contributed by atoms with Crippen LogP contribution in [-0.4, -0.2) is 61.1 Å². The number of nitrogens with one attached hydrogen (secondary N) is 2. The van der Waals surface area contributed by atoms with Crippen LogP contribution in [0.25, 0.3) is 0 Å². The fourth-order valence-electron chi connectivity index (χ4n) is 5.52. The summed E-state index contributed by atoms with van der Waals surface area (Å²) in [4.78, 5) is 18.1. The quantitative estimate of drug-likeness (QED) is 0.179. The Balaban J connectivity index is 1.60. The molecule has 0 spiro atoms.